The molecule has 3 aromatic rings. The molecule has 7 heteroatoms. The summed E-state index contributed by atoms with van der Waals surface area (Å²) in [6.07, 6.45) is 0.711. The smallest absolute Gasteiger partial charge is 0.254 e. The molecule has 0 bridgehead atoms. The van der Waals surface area contributed by atoms with Crippen molar-refractivity contribution in [3.8, 4) is 5.75 Å². The second kappa shape index (κ2) is 11.3. The van der Waals surface area contributed by atoms with Crippen LogP contribution in [-0.4, -0.2) is 50.1 Å². The SMILES string of the molecule is CCOc1ccc(CCNC(=O)[C@@H]2c3ccccc3C(=O)N(CCOC)[C@H]2c2cccs2)cc1. The molecular formula is C27H30N2O4S. The van der Waals surface area contributed by atoms with Gasteiger partial charge in [-0.1, -0.05) is 36.4 Å². The van der Waals surface area contributed by atoms with Gasteiger partial charge in [0.2, 0.25) is 5.91 Å². The maximum Gasteiger partial charge on any atom is 0.254 e. The van der Waals surface area contributed by atoms with Crippen molar-refractivity contribution in [1.29, 1.82) is 0 Å². The Morgan fingerprint density at radius 3 is 2.59 bits per heavy atom. The summed E-state index contributed by atoms with van der Waals surface area (Å²) in [5.41, 5.74) is 2.48. The Morgan fingerprint density at radius 2 is 1.88 bits per heavy atom. The predicted molar refractivity (Wildman–Crippen MR) is 133 cm³/mol. The first kappa shape index (κ1) is 24.0. The molecule has 0 radical (unpaired) electrons. The van der Waals surface area contributed by atoms with Crippen LogP contribution in [0.5, 0.6) is 5.75 Å². The minimum absolute atomic E-state index is 0.0653. The van der Waals surface area contributed by atoms with Gasteiger partial charge in [0.1, 0.15) is 5.75 Å². The normalized spacial score (nSPS) is 17.4. The number of benzene rings is 2. The van der Waals surface area contributed by atoms with Crippen molar-refractivity contribution in [3.05, 3.63) is 87.6 Å². The van der Waals surface area contributed by atoms with E-state index in [1.54, 1.807) is 23.3 Å². The van der Waals surface area contributed by atoms with Crippen LogP contribution >= 0.6 is 11.3 Å². The standard InChI is InChI=1S/C27H30N2O4S/c1-3-33-20-12-10-19(11-13-20)14-15-28-26(30)24-21-7-4-5-8-22(21)27(31)29(16-17-32-2)25(24)23-9-6-18-34-23/h4-13,18,24-25H,3,14-17H2,1-2H3,(H,28,30)/t24-,25+/m1/s1. The van der Waals surface area contributed by atoms with Crippen LogP contribution in [-0.2, 0) is 16.0 Å². The Morgan fingerprint density at radius 1 is 1.09 bits per heavy atom. The fraction of sp³-hybridized carbons (Fsp3) is 0.333. The molecule has 2 heterocycles. The van der Waals surface area contributed by atoms with Gasteiger partial charge >= 0.3 is 0 Å². The lowest BCUT2D eigenvalue weighted by Gasteiger charge is -2.41. The number of thiophene rings is 1. The highest BCUT2D eigenvalue weighted by atomic mass is 32.1. The molecule has 2 amide bonds. The van der Waals surface area contributed by atoms with Crippen LogP contribution < -0.4 is 10.1 Å². The van der Waals surface area contributed by atoms with Crippen LogP contribution in [0.1, 0.15) is 45.2 Å². The minimum Gasteiger partial charge on any atom is -0.494 e. The number of carbonyl (C=O) groups is 2. The number of hydrogen-bond acceptors (Lipinski definition) is 5. The average molecular weight is 479 g/mol. The van der Waals surface area contributed by atoms with Gasteiger partial charge in [-0.25, -0.2) is 0 Å². The van der Waals surface area contributed by atoms with Gasteiger partial charge < -0.3 is 19.7 Å². The quantitative estimate of drug-likeness (QED) is 0.468. The third-order valence-electron chi connectivity index (χ3n) is 6.04. The van der Waals surface area contributed by atoms with E-state index in [1.165, 1.54) is 0 Å². The van der Waals surface area contributed by atoms with Crippen LogP contribution in [0.4, 0.5) is 0 Å². The lowest BCUT2D eigenvalue weighted by molar-refractivity contribution is -0.124. The largest absolute Gasteiger partial charge is 0.494 e. The van der Waals surface area contributed by atoms with E-state index in [-0.39, 0.29) is 17.9 Å². The molecule has 0 saturated heterocycles. The summed E-state index contributed by atoms with van der Waals surface area (Å²) in [6, 6.07) is 19.0. The average Bonchev–Trinajstić information content (AvgIpc) is 3.39. The molecule has 2 aromatic carbocycles. The van der Waals surface area contributed by atoms with E-state index >= 15 is 0 Å². The Balaban J connectivity index is 1.57. The fourth-order valence-electron chi connectivity index (χ4n) is 4.45. The molecule has 34 heavy (non-hydrogen) atoms. The first-order valence-electron chi connectivity index (χ1n) is 11.6. The first-order chi connectivity index (χ1) is 16.6. The Bertz CT molecular complexity index is 1100. The summed E-state index contributed by atoms with van der Waals surface area (Å²) >= 11 is 1.56. The van der Waals surface area contributed by atoms with Crippen LogP contribution in [0, 0.1) is 0 Å². The molecule has 178 valence electrons. The summed E-state index contributed by atoms with van der Waals surface area (Å²) in [7, 11) is 1.62. The van der Waals surface area contributed by atoms with Crippen molar-refractivity contribution >= 4 is 23.2 Å². The maximum absolute atomic E-state index is 13.6. The van der Waals surface area contributed by atoms with E-state index in [0.717, 1.165) is 21.8 Å². The number of ether oxygens (including phenoxy) is 2. The van der Waals surface area contributed by atoms with Crippen molar-refractivity contribution in [1.82, 2.24) is 10.2 Å². The minimum atomic E-state index is -0.496. The monoisotopic (exact) mass is 478 g/mol. The molecule has 1 aliphatic rings. The first-order valence-corrected chi connectivity index (χ1v) is 12.4. The highest BCUT2D eigenvalue weighted by Crippen LogP contribution is 2.44. The fourth-order valence-corrected chi connectivity index (χ4v) is 5.32. The van der Waals surface area contributed by atoms with Crippen molar-refractivity contribution in [2.45, 2.75) is 25.3 Å². The maximum atomic E-state index is 13.6. The van der Waals surface area contributed by atoms with Gasteiger partial charge in [0, 0.05) is 30.6 Å². The van der Waals surface area contributed by atoms with Crippen molar-refractivity contribution in [2.75, 3.05) is 33.4 Å². The number of amides is 2. The molecule has 1 aromatic heterocycles. The van der Waals surface area contributed by atoms with E-state index in [1.807, 2.05) is 73.0 Å². The lowest BCUT2D eigenvalue weighted by atomic mass is 9.81. The van der Waals surface area contributed by atoms with E-state index < -0.39 is 5.92 Å². The number of methoxy groups -OCH3 is 1. The highest BCUT2D eigenvalue weighted by Gasteiger charge is 2.44. The Kier molecular flexibility index (Phi) is 7.98. The van der Waals surface area contributed by atoms with Crippen LogP contribution in [0.3, 0.4) is 0 Å². The van der Waals surface area contributed by atoms with Gasteiger partial charge in [0.15, 0.2) is 0 Å². The molecule has 0 fully saturated rings. The Labute approximate surface area is 204 Å². The number of hydrogen-bond donors (Lipinski definition) is 1. The molecule has 0 saturated carbocycles. The van der Waals surface area contributed by atoms with Gasteiger partial charge in [0.05, 0.1) is 25.2 Å². The molecular weight excluding hydrogens is 448 g/mol. The highest BCUT2D eigenvalue weighted by molar-refractivity contribution is 7.10. The molecule has 0 unspecified atom stereocenters. The Hall–Kier alpha value is -3.16. The molecule has 2 atom stereocenters. The second-order valence-corrected chi connectivity index (χ2v) is 9.11. The molecule has 0 spiro atoms. The summed E-state index contributed by atoms with van der Waals surface area (Å²) in [4.78, 5) is 29.8. The van der Waals surface area contributed by atoms with E-state index in [9.17, 15) is 9.59 Å². The predicted octanol–water partition coefficient (Wildman–Crippen LogP) is 4.43. The van der Waals surface area contributed by atoms with E-state index in [4.69, 9.17) is 9.47 Å². The van der Waals surface area contributed by atoms with Gasteiger partial charge in [-0.15, -0.1) is 11.3 Å². The zero-order valence-corrected chi connectivity index (χ0v) is 20.3. The number of nitrogens with one attached hydrogen (secondary N) is 1. The zero-order valence-electron chi connectivity index (χ0n) is 19.5. The molecule has 6 nitrogen and oxygen atoms in total. The topological polar surface area (TPSA) is 67.9 Å². The lowest BCUT2D eigenvalue weighted by Crippen LogP contribution is -2.48. The third-order valence-corrected chi connectivity index (χ3v) is 6.98. The van der Waals surface area contributed by atoms with Crippen molar-refractivity contribution in [3.63, 3.8) is 0 Å². The summed E-state index contributed by atoms with van der Waals surface area (Å²) in [6.45, 7) is 3.92. The van der Waals surface area contributed by atoms with Gasteiger partial charge in [-0.2, -0.15) is 0 Å². The van der Waals surface area contributed by atoms with Crippen molar-refractivity contribution < 1.29 is 19.1 Å². The number of carbonyl (C=O) groups excluding carboxylic acids is 2. The van der Waals surface area contributed by atoms with E-state index in [2.05, 4.69) is 5.32 Å². The molecule has 1 aliphatic heterocycles. The summed E-state index contributed by atoms with van der Waals surface area (Å²) in [5, 5.41) is 5.11. The molecule has 0 aliphatic carbocycles. The van der Waals surface area contributed by atoms with Crippen LogP contribution in [0.25, 0.3) is 0 Å². The van der Waals surface area contributed by atoms with Crippen LogP contribution in [0.15, 0.2) is 66.0 Å². The number of rotatable bonds is 10. The van der Waals surface area contributed by atoms with E-state index in [0.29, 0.717) is 38.3 Å². The van der Waals surface area contributed by atoms with Crippen LogP contribution in [0.2, 0.25) is 0 Å². The second-order valence-electron chi connectivity index (χ2n) is 8.13. The number of fused-ring (bicyclic) bond motifs is 1. The summed E-state index contributed by atoms with van der Waals surface area (Å²) in [5.74, 6) is 0.203. The molecule has 1 N–H and O–H groups in total. The van der Waals surface area contributed by atoms with Crippen molar-refractivity contribution in [2.24, 2.45) is 0 Å². The number of nitrogens with zero attached hydrogens (tertiary/aromatic N) is 1. The third kappa shape index (κ3) is 5.16. The summed E-state index contributed by atoms with van der Waals surface area (Å²) < 4.78 is 10.8. The molecule has 4 rings (SSSR count). The van der Waals surface area contributed by atoms with Gasteiger partial charge in [0.25, 0.3) is 5.91 Å². The van der Waals surface area contributed by atoms with Gasteiger partial charge in [-0.05, 0) is 54.1 Å². The zero-order chi connectivity index (χ0) is 23.9. The van der Waals surface area contributed by atoms with Gasteiger partial charge in [-0.3, -0.25) is 9.59 Å².